The minimum atomic E-state index is 0.299. The molecule has 0 amide bonds. The Morgan fingerprint density at radius 2 is 2.20 bits per heavy atom. The van der Waals surface area contributed by atoms with Crippen LogP contribution in [0.3, 0.4) is 0 Å². The van der Waals surface area contributed by atoms with E-state index in [2.05, 4.69) is 21.2 Å². The third-order valence-corrected chi connectivity index (χ3v) is 4.48. The van der Waals surface area contributed by atoms with Gasteiger partial charge < -0.3 is 10.4 Å². The summed E-state index contributed by atoms with van der Waals surface area (Å²) in [6.45, 7) is 2.16. The first-order valence-corrected chi connectivity index (χ1v) is 6.98. The summed E-state index contributed by atoms with van der Waals surface area (Å²) in [7, 11) is 0. The lowest BCUT2D eigenvalue weighted by Crippen LogP contribution is -2.13. The third kappa shape index (κ3) is 5.31. The van der Waals surface area contributed by atoms with E-state index in [1.54, 1.807) is 11.3 Å². The molecule has 5 heteroatoms. The van der Waals surface area contributed by atoms with Gasteiger partial charge in [0, 0.05) is 22.5 Å². The van der Waals surface area contributed by atoms with Gasteiger partial charge in [0.1, 0.15) is 4.34 Å². The van der Waals surface area contributed by atoms with E-state index >= 15 is 0 Å². The average Bonchev–Trinajstić information content (AvgIpc) is 2.52. The van der Waals surface area contributed by atoms with Gasteiger partial charge in [0.05, 0.1) is 0 Å². The summed E-state index contributed by atoms with van der Waals surface area (Å²) in [5.41, 5.74) is 0. The second-order valence-electron chi connectivity index (χ2n) is 3.30. The summed E-state index contributed by atoms with van der Waals surface area (Å²) in [5, 5.41) is 11.9. The Morgan fingerprint density at radius 3 is 2.80 bits per heavy atom. The molecule has 2 nitrogen and oxygen atoms in total. The standard InChI is InChI=1S/C10H15BrClNOS/c11-9-6-8(15-10(9)12)7-13-4-2-1-3-5-14/h6,13-14H,1-5,7H2. The summed E-state index contributed by atoms with van der Waals surface area (Å²) in [4.78, 5) is 1.24. The Hall–Kier alpha value is 0.390. The fraction of sp³-hybridized carbons (Fsp3) is 0.600. The number of halogens is 2. The monoisotopic (exact) mass is 311 g/mol. The molecule has 2 N–H and O–H groups in total. The Balaban J connectivity index is 2.10. The first kappa shape index (κ1) is 13.5. The van der Waals surface area contributed by atoms with Crippen molar-refractivity contribution in [2.75, 3.05) is 13.2 Å². The molecule has 0 saturated heterocycles. The minimum absolute atomic E-state index is 0.299. The molecule has 1 aromatic rings. The zero-order valence-electron chi connectivity index (χ0n) is 8.43. The molecule has 1 heterocycles. The van der Waals surface area contributed by atoms with Gasteiger partial charge in [-0.2, -0.15) is 0 Å². The van der Waals surface area contributed by atoms with Crippen LogP contribution in [0.5, 0.6) is 0 Å². The van der Waals surface area contributed by atoms with Gasteiger partial charge in [-0.25, -0.2) is 0 Å². The zero-order valence-corrected chi connectivity index (χ0v) is 11.6. The molecule has 0 aromatic carbocycles. The second kappa shape index (κ2) is 7.63. The first-order valence-electron chi connectivity index (χ1n) is 4.99. The van der Waals surface area contributed by atoms with Crippen LogP contribution in [0, 0.1) is 0 Å². The molecule has 0 fully saturated rings. The highest BCUT2D eigenvalue weighted by molar-refractivity contribution is 9.10. The minimum Gasteiger partial charge on any atom is -0.396 e. The smallest absolute Gasteiger partial charge is 0.107 e. The molecule has 1 aromatic heterocycles. The van der Waals surface area contributed by atoms with E-state index in [0.717, 1.165) is 41.2 Å². The summed E-state index contributed by atoms with van der Waals surface area (Å²) < 4.78 is 1.79. The molecular weight excluding hydrogens is 298 g/mol. The Kier molecular flexibility index (Phi) is 6.84. The van der Waals surface area contributed by atoms with E-state index in [9.17, 15) is 0 Å². The molecular formula is C10H15BrClNOS. The summed E-state index contributed by atoms with van der Waals surface area (Å²) in [6.07, 6.45) is 3.09. The molecule has 0 atom stereocenters. The maximum atomic E-state index is 8.60. The van der Waals surface area contributed by atoms with Gasteiger partial charge in [0.25, 0.3) is 0 Å². The molecule has 0 unspecified atom stereocenters. The van der Waals surface area contributed by atoms with Gasteiger partial charge in [-0.15, -0.1) is 11.3 Å². The van der Waals surface area contributed by atoms with E-state index < -0.39 is 0 Å². The van der Waals surface area contributed by atoms with Gasteiger partial charge in [0.15, 0.2) is 0 Å². The molecule has 0 aliphatic heterocycles. The van der Waals surface area contributed by atoms with Crippen molar-refractivity contribution in [3.8, 4) is 0 Å². The molecule has 86 valence electrons. The maximum absolute atomic E-state index is 8.60. The molecule has 0 aliphatic rings. The fourth-order valence-corrected chi connectivity index (χ4v) is 2.99. The van der Waals surface area contributed by atoms with Crippen LogP contribution in [0.1, 0.15) is 24.1 Å². The van der Waals surface area contributed by atoms with E-state index in [0.29, 0.717) is 6.61 Å². The number of aliphatic hydroxyl groups excluding tert-OH is 1. The zero-order chi connectivity index (χ0) is 11.1. The Labute approximate surface area is 108 Å². The van der Waals surface area contributed by atoms with Crippen molar-refractivity contribution in [1.29, 1.82) is 0 Å². The topological polar surface area (TPSA) is 32.3 Å². The largest absolute Gasteiger partial charge is 0.396 e. The van der Waals surface area contributed by atoms with Crippen molar-refractivity contribution in [3.63, 3.8) is 0 Å². The first-order chi connectivity index (χ1) is 7.24. The quantitative estimate of drug-likeness (QED) is 0.756. The SMILES string of the molecule is OCCCCCNCc1cc(Br)c(Cl)s1. The Morgan fingerprint density at radius 1 is 1.40 bits per heavy atom. The van der Waals surface area contributed by atoms with Crippen LogP contribution in [0.4, 0.5) is 0 Å². The summed E-state index contributed by atoms with van der Waals surface area (Å²) >= 11 is 10.9. The van der Waals surface area contributed by atoms with Crippen LogP contribution in [-0.4, -0.2) is 18.3 Å². The Bertz CT molecular complexity index is 273. The average molecular weight is 313 g/mol. The van der Waals surface area contributed by atoms with E-state index in [4.69, 9.17) is 16.7 Å². The van der Waals surface area contributed by atoms with E-state index in [1.807, 2.05) is 6.07 Å². The van der Waals surface area contributed by atoms with Crippen LogP contribution >= 0.6 is 38.9 Å². The molecule has 0 aliphatic carbocycles. The number of rotatable bonds is 7. The van der Waals surface area contributed by atoms with Crippen LogP contribution < -0.4 is 5.32 Å². The number of thiophene rings is 1. The highest BCUT2D eigenvalue weighted by Crippen LogP contribution is 2.31. The summed E-state index contributed by atoms with van der Waals surface area (Å²) in [6, 6.07) is 2.05. The normalized spacial score (nSPS) is 10.9. The van der Waals surface area contributed by atoms with Gasteiger partial charge in [-0.3, -0.25) is 0 Å². The lowest BCUT2D eigenvalue weighted by molar-refractivity contribution is 0.283. The molecule has 15 heavy (non-hydrogen) atoms. The number of aliphatic hydroxyl groups is 1. The highest BCUT2D eigenvalue weighted by atomic mass is 79.9. The van der Waals surface area contributed by atoms with Crippen LogP contribution in [0.25, 0.3) is 0 Å². The number of hydrogen-bond donors (Lipinski definition) is 2. The lowest BCUT2D eigenvalue weighted by Gasteiger charge is -2.01. The molecule has 1 rings (SSSR count). The lowest BCUT2D eigenvalue weighted by atomic mass is 10.2. The third-order valence-electron chi connectivity index (χ3n) is 2.01. The van der Waals surface area contributed by atoms with Crippen molar-refractivity contribution >= 4 is 38.9 Å². The molecule has 0 radical (unpaired) electrons. The van der Waals surface area contributed by atoms with Crippen molar-refractivity contribution in [2.45, 2.75) is 25.8 Å². The molecule has 0 bridgehead atoms. The fourth-order valence-electron chi connectivity index (χ4n) is 1.23. The van der Waals surface area contributed by atoms with E-state index in [1.165, 1.54) is 4.88 Å². The van der Waals surface area contributed by atoms with Crippen molar-refractivity contribution in [2.24, 2.45) is 0 Å². The van der Waals surface area contributed by atoms with Crippen LogP contribution in [0.15, 0.2) is 10.5 Å². The molecule has 0 spiro atoms. The predicted octanol–water partition coefficient (Wildman–Crippen LogP) is 3.42. The van der Waals surface area contributed by atoms with Crippen LogP contribution in [0.2, 0.25) is 4.34 Å². The predicted molar refractivity (Wildman–Crippen MR) is 69.7 cm³/mol. The van der Waals surface area contributed by atoms with Crippen molar-refractivity contribution in [3.05, 3.63) is 19.8 Å². The summed E-state index contributed by atoms with van der Waals surface area (Å²) in [5.74, 6) is 0. The number of nitrogens with one attached hydrogen (secondary N) is 1. The van der Waals surface area contributed by atoms with Gasteiger partial charge in [0.2, 0.25) is 0 Å². The highest BCUT2D eigenvalue weighted by Gasteiger charge is 2.03. The second-order valence-corrected chi connectivity index (χ2v) is 5.89. The van der Waals surface area contributed by atoms with Crippen molar-refractivity contribution < 1.29 is 5.11 Å². The maximum Gasteiger partial charge on any atom is 0.107 e. The van der Waals surface area contributed by atoms with Gasteiger partial charge >= 0.3 is 0 Å². The number of hydrogen-bond acceptors (Lipinski definition) is 3. The van der Waals surface area contributed by atoms with Gasteiger partial charge in [-0.1, -0.05) is 11.6 Å². The van der Waals surface area contributed by atoms with Crippen LogP contribution in [-0.2, 0) is 6.54 Å². The van der Waals surface area contributed by atoms with Gasteiger partial charge in [-0.05, 0) is 47.8 Å². The molecule has 0 saturated carbocycles. The van der Waals surface area contributed by atoms with Crippen molar-refractivity contribution in [1.82, 2.24) is 5.32 Å². The number of unbranched alkanes of at least 4 members (excludes halogenated alkanes) is 2. The van der Waals surface area contributed by atoms with E-state index in [-0.39, 0.29) is 0 Å².